The number of halogens is 2. The molecular weight excluding hydrogens is 274 g/mol. The van der Waals surface area contributed by atoms with E-state index in [1.165, 1.54) is 35.1 Å². The number of benzene rings is 2. The molecule has 0 aliphatic carbocycles. The number of aromatic nitrogens is 2. The second-order valence-electron chi connectivity index (χ2n) is 4.48. The molecule has 1 aromatic heterocycles. The number of hydrogen-bond donors (Lipinski definition) is 0. The highest BCUT2D eigenvalue weighted by Crippen LogP contribution is 2.23. The van der Waals surface area contributed by atoms with Crippen molar-refractivity contribution in [1.29, 1.82) is 0 Å². The summed E-state index contributed by atoms with van der Waals surface area (Å²) in [7, 11) is 0. The molecule has 3 nitrogen and oxygen atoms in total. The summed E-state index contributed by atoms with van der Waals surface area (Å²) < 4.78 is 27.7. The average molecular weight is 284 g/mol. The number of carbonyl (C=O) groups excluding carboxylic acids is 1. The van der Waals surface area contributed by atoms with Crippen LogP contribution in [0.5, 0.6) is 0 Å². The van der Waals surface area contributed by atoms with Crippen molar-refractivity contribution < 1.29 is 13.6 Å². The molecule has 0 aliphatic heterocycles. The molecule has 0 spiro atoms. The molecule has 0 fully saturated rings. The van der Waals surface area contributed by atoms with E-state index in [1.807, 2.05) is 0 Å². The molecule has 0 bridgehead atoms. The summed E-state index contributed by atoms with van der Waals surface area (Å²) in [6.45, 7) is 0. The third kappa shape index (κ3) is 2.58. The van der Waals surface area contributed by atoms with Crippen LogP contribution in [0.15, 0.2) is 54.7 Å². The van der Waals surface area contributed by atoms with Gasteiger partial charge in [0.15, 0.2) is 6.29 Å². The second kappa shape index (κ2) is 5.28. The fourth-order valence-corrected chi connectivity index (χ4v) is 2.06. The van der Waals surface area contributed by atoms with Gasteiger partial charge >= 0.3 is 0 Å². The zero-order valence-corrected chi connectivity index (χ0v) is 10.8. The van der Waals surface area contributed by atoms with Gasteiger partial charge in [-0.2, -0.15) is 5.10 Å². The van der Waals surface area contributed by atoms with Crippen LogP contribution in [0.25, 0.3) is 16.9 Å². The molecule has 2 aromatic carbocycles. The van der Waals surface area contributed by atoms with E-state index >= 15 is 0 Å². The molecule has 0 atom stereocenters. The van der Waals surface area contributed by atoms with Crippen LogP contribution >= 0.6 is 0 Å². The normalized spacial score (nSPS) is 10.6. The molecule has 0 saturated carbocycles. The predicted octanol–water partition coefficient (Wildman–Crippen LogP) is 3.63. The molecule has 5 heteroatoms. The first-order chi connectivity index (χ1) is 10.2. The largest absolute Gasteiger partial charge is 0.298 e. The van der Waals surface area contributed by atoms with Gasteiger partial charge in [0.1, 0.15) is 17.3 Å². The van der Waals surface area contributed by atoms with Crippen LogP contribution in [0, 0.1) is 11.6 Å². The van der Waals surface area contributed by atoms with Crippen molar-refractivity contribution in [2.75, 3.05) is 0 Å². The minimum absolute atomic E-state index is 0.338. The van der Waals surface area contributed by atoms with Crippen LogP contribution in [-0.2, 0) is 0 Å². The van der Waals surface area contributed by atoms with Crippen molar-refractivity contribution in [3.8, 4) is 16.9 Å². The second-order valence-corrected chi connectivity index (χ2v) is 4.48. The van der Waals surface area contributed by atoms with Gasteiger partial charge in [0, 0.05) is 11.8 Å². The molecule has 0 saturated heterocycles. The quantitative estimate of drug-likeness (QED) is 0.688. The Balaban J connectivity index is 2.10. The Hall–Kier alpha value is -2.82. The lowest BCUT2D eigenvalue weighted by Gasteiger charge is -2.01. The van der Waals surface area contributed by atoms with Gasteiger partial charge in [-0.25, -0.2) is 13.5 Å². The van der Waals surface area contributed by atoms with E-state index in [9.17, 15) is 13.6 Å². The highest BCUT2D eigenvalue weighted by Gasteiger charge is 2.12. The highest BCUT2D eigenvalue weighted by molar-refractivity contribution is 5.85. The smallest absolute Gasteiger partial charge is 0.153 e. The maximum Gasteiger partial charge on any atom is 0.153 e. The summed E-state index contributed by atoms with van der Waals surface area (Å²) in [6, 6.07) is 11.6. The number of nitrogens with zero attached hydrogens (tertiary/aromatic N) is 2. The summed E-state index contributed by atoms with van der Waals surface area (Å²) in [6.07, 6.45) is 2.19. The van der Waals surface area contributed by atoms with Gasteiger partial charge in [-0.3, -0.25) is 4.79 Å². The van der Waals surface area contributed by atoms with Crippen molar-refractivity contribution in [2.24, 2.45) is 0 Å². The summed E-state index contributed by atoms with van der Waals surface area (Å²) >= 11 is 0. The van der Waals surface area contributed by atoms with Gasteiger partial charge in [0.05, 0.1) is 11.3 Å². The maximum absolute atomic E-state index is 13.3. The first kappa shape index (κ1) is 13.2. The molecule has 0 aliphatic rings. The van der Waals surface area contributed by atoms with Crippen molar-refractivity contribution in [1.82, 2.24) is 9.78 Å². The topological polar surface area (TPSA) is 34.9 Å². The number of hydrogen-bond acceptors (Lipinski definition) is 2. The third-order valence-corrected chi connectivity index (χ3v) is 3.06. The monoisotopic (exact) mass is 284 g/mol. The lowest BCUT2D eigenvalue weighted by atomic mass is 10.1. The van der Waals surface area contributed by atoms with Gasteiger partial charge in [-0.1, -0.05) is 12.1 Å². The molecule has 0 unspecified atom stereocenters. The molecule has 0 amide bonds. The fourth-order valence-electron chi connectivity index (χ4n) is 2.06. The Bertz CT molecular complexity index is 794. The fraction of sp³-hybridized carbons (Fsp3) is 0. The Kier molecular flexibility index (Phi) is 3.31. The van der Waals surface area contributed by atoms with Crippen molar-refractivity contribution in [3.63, 3.8) is 0 Å². The Morgan fingerprint density at radius 3 is 2.43 bits per heavy atom. The summed E-state index contributed by atoms with van der Waals surface area (Å²) in [5.41, 5.74) is 1.85. The first-order valence-electron chi connectivity index (χ1n) is 6.24. The van der Waals surface area contributed by atoms with E-state index in [0.29, 0.717) is 28.8 Å². The van der Waals surface area contributed by atoms with Crippen LogP contribution in [-0.4, -0.2) is 16.1 Å². The molecular formula is C16H10F2N2O. The molecule has 0 N–H and O–H groups in total. The van der Waals surface area contributed by atoms with E-state index in [1.54, 1.807) is 24.3 Å². The zero-order chi connectivity index (χ0) is 14.8. The standard InChI is InChI=1S/C16H10F2N2O/c17-13-4-6-15(7-5-13)20-9-12(10-21)16(19-20)11-2-1-3-14(18)8-11/h1-10H. The van der Waals surface area contributed by atoms with Gasteiger partial charge < -0.3 is 0 Å². The average Bonchev–Trinajstić information content (AvgIpc) is 2.92. The van der Waals surface area contributed by atoms with Crippen LogP contribution in [0.2, 0.25) is 0 Å². The Morgan fingerprint density at radius 2 is 1.76 bits per heavy atom. The van der Waals surface area contributed by atoms with Crippen LogP contribution in [0.3, 0.4) is 0 Å². The molecule has 1 heterocycles. The number of carbonyl (C=O) groups is 1. The van der Waals surface area contributed by atoms with Gasteiger partial charge in [0.25, 0.3) is 0 Å². The van der Waals surface area contributed by atoms with Crippen LogP contribution in [0.1, 0.15) is 10.4 Å². The third-order valence-electron chi connectivity index (χ3n) is 3.06. The summed E-state index contributed by atoms with van der Waals surface area (Å²) in [4.78, 5) is 11.2. The highest BCUT2D eigenvalue weighted by atomic mass is 19.1. The molecule has 3 aromatic rings. The van der Waals surface area contributed by atoms with Crippen molar-refractivity contribution >= 4 is 6.29 Å². The van der Waals surface area contributed by atoms with E-state index in [4.69, 9.17) is 0 Å². The number of aldehydes is 1. The lowest BCUT2D eigenvalue weighted by molar-refractivity contribution is 0.112. The Labute approximate surface area is 119 Å². The maximum atomic E-state index is 13.3. The molecule has 21 heavy (non-hydrogen) atoms. The first-order valence-corrected chi connectivity index (χ1v) is 6.24. The van der Waals surface area contributed by atoms with E-state index < -0.39 is 5.82 Å². The van der Waals surface area contributed by atoms with E-state index in [-0.39, 0.29) is 5.82 Å². The van der Waals surface area contributed by atoms with Crippen LogP contribution < -0.4 is 0 Å². The van der Waals surface area contributed by atoms with E-state index in [0.717, 1.165) is 0 Å². The minimum atomic E-state index is -0.402. The van der Waals surface area contributed by atoms with Crippen molar-refractivity contribution in [2.45, 2.75) is 0 Å². The molecule has 104 valence electrons. The van der Waals surface area contributed by atoms with Gasteiger partial charge in [0.2, 0.25) is 0 Å². The Morgan fingerprint density at radius 1 is 1.00 bits per heavy atom. The summed E-state index contributed by atoms with van der Waals surface area (Å²) in [5.74, 6) is -0.757. The molecule has 3 rings (SSSR count). The zero-order valence-electron chi connectivity index (χ0n) is 10.8. The summed E-state index contributed by atoms with van der Waals surface area (Å²) in [5, 5.41) is 4.29. The minimum Gasteiger partial charge on any atom is -0.298 e. The van der Waals surface area contributed by atoms with Crippen LogP contribution in [0.4, 0.5) is 8.78 Å². The van der Waals surface area contributed by atoms with E-state index in [2.05, 4.69) is 5.10 Å². The van der Waals surface area contributed by atoms with Crippen molar-refractivity contribution in [3.05, 3.63) is 71.9 Å². The lowest BCUT2D eigenvalue weighted by Crippen LogP contribution is -1.94. The molecule has 0 radical (unpaired) electrons. The van der Waals surface area contributed by atoms with Gasteiger partial charge in [-0.05, 0) is 36.4 Å². The number of rotatable bonds is 3. The van der Waals surface area contributed by atoms with Gasteiger partial charge in [-0.15, -0.1) is 0 Å². The SMILES string of the molecule is O=Cc1cn(-c2ccc(F)cc2)nc1-c1cccc(F)c1. The predicted molar refractivity (Wildman–Crippen MR) is 74.3 cm³/mol.